The number of piperazine rings is 1. The first-order chi connectivity index (χ1) is 22.8. The third-order valence-electron chi connectivity index (χ3n) is 7.89. The first-order valence-electron chi connectivity index (χ1n) is 15.6. The van der Waals surface area contributed by atoms with E-state index in [0.717, 1.165) is 44.7 Å². The molecule has 3 aromatic carbocycles. The summed E-state index contributed by atoms with van der Waals surface area (Å²) in [5.74, 6) is 0.931. The third-order valence-corrected chi connectivity index (χ3v) is 7.89. The Bertz CT molecular complexity index is 1620. The van der Waals surface area contributed by atoms with Crippen molar-refractivity contribution in [1.82, 2.24) is 19.8 Å². The largest absolute Gasteiger partial charge is 0.497 e. The van der Waals surface area contributed by atoms with Crippen molar-refractivity contribution in [1.29, 1.82) is 0 Å². The Morgan fingerprint density at radius 3 is 2.49 bits per heavy atom. The van der Waals surface area contributed by atoms with Crippen LogP contribution in [0.5, 0.6) is 17.2 Å². The smallest absolute Gasteiger partial charge is 0.420 e. The first-order valence-corrected chi connectivity index (χ1v) is 15.6. The lowest BCUT2D eigenvalue weighted by atomic mass is 10.1. The first kappa shape index (κ1) is 33.4. The maximum absolute atomic E-state index is 15.0. The maximum atomic E-state index is 15.0. The number of ether oxygens (including phenoxy) is 4. The van der Waals surface area contributed by atoms with Gasteiger partial charge in [-0.25, -0.2) is 19.1 Å². The van der Waals surface area contributed by atoms with Crippen LogP contribution >= 0.6 is 0 Å². The predicted molar refractivity (Wildman–Crippen MR) is 179 cm³/mol. The van der Waals surface area contributed by atoms with E-state index in [1.807, 2.05) is 30.3 Å². The number of aromatic nitrogens is 2. The highest BCUT2D eigenvalue weighted by molar-refractivity contribution is 5.97. The molecule has 1 aliphatic rings. The summed E-state index contributed by atoms with van der Waals surface area (Å²) in [5, 5.41) is 3.03. The summed E-state index contributed by atoms with van der Waals surface area (Å²) in [7, 11) is 5.17. The zero-order chi connectivity index (χ0) is 33.2. The van der Waals surface area contributed by atoms with Crippen LogP contribution in [-0.4, -0.2) is 86.5 Å². The number of nitrogens with zero attached hydrogens (tertiary/aromatic N) is 5. The van der Waals surface area contributed by atoms with Crippen molar-refractivity contribution in [2.45, 2.75) is 19.4 Å². The second-order valence-corrected chi connectivity index (χ2v) is 11.2. The molecule has 47 heavy (non-hydrogen) atoms. The summed E-state index contributed by atoms with van der Waals surface area (Å²) in [4.78, 5) is 28.7. The molecule has 0 bridgehead atoms. The van der Waals surface area contributed by atoms with Gasteiger partial charge in [-0.3, -0.25) is 0 Å². The van der Waals surface area contributed by atoms with E-state index in [-0.39, 0.29) is 17.5 Å². The van der Waals surface area contributed by atoms with E-state index >= 15 is 4.39 Å². The number of benzene rings is 3. The van der Waals surface area contributed by atoms with E-state index in [9.17, 15) is 4.79 Å². The molecule has 1 fully saturated rings. The van der Waals surface area contributed by atoms with Crippen molar-refractivity contribution in [3.8, 4) is 17.2 Å². The number of halogens is 1. The van der Waals surface area contributed by atoms with Crippen molar-refractivity contribution in [2.24, 2.45) is 0 Å². The fourth-order valence-corrected chi connectivity index (χ4v) is 5.18. The van der Waals surface area contributed by atoms with Gasteiger partial charge in [-0.1, -0.05) is 30.3 Å². The second-order valence-electron chi connectivity index (χ2n) is 11.2. The molecule has 12 heteroatoms. The van der Waals surface area contributed by atoms with E-state index in [0.29, 0.717) is 29.5 Å². The van der Waals surface area contributed by atoms with Gasteiger partial charge in [-0.05, 0) is 50.2 Å². The summed E-state index contributed by atoms with van der Waals surface area (Å²) >= 11 is 0. The minimum Gasteiger partial charge on any atom is -0.497 e. The number of nitrogens with one attached hydrogen (secondary N) is 1. The molecule has 0 aliphatic carbocycles. The average molecular weight is 645 g/mol. The number of carbonyl (C=O) groups excluding carboxylic acids is 1. The molecule has 1 aliphatic heterocycles. The van der Waals surface area contributed by atoms with Crippen LogP contribution < -0.4 is 24.4 Å². The molecule has 248 valence electrons. The van der Waals surface area contributed by atoms with Gasteiger partial charge in [0.15, 0.2) is 11.6 Å². The van der Waals surface area contributed by atoms with Gasteiger partial charge < -0.3 is 34.1 Å². The van der Waals surface area contributed by atoms with Crippen molar-refractivity contribution in [3.05, 3.63) is 90.4 Å². The number of carbonyl (C=O) groups is 1. The molecule has 1 atom stereocenters. The zero-order valence-corrected chi connectivity index (χ0v) is 27.2. The Kier molecular flexibility index (Phi) is 11.4. The lowest BCUT2D eigenvalue weighted by molar-refractivity contribution is 0.116. The third kappa shape index (κ3) is 8.87. The van der Waals surface area contributed by atoms with Gasteiger partial charge in [0.2, 0.25) is 5.95 Å². The van der Waals surface area contributed by atoms with Crippen molar-refractivity contribution >= 4 is 29.2 Å². The van der Waals surface area contributed by atoms with E-state index in [2.05, 4.69) is 32.1 Å². The quantitative estimate of drug-likeness (QED) is 0.164. The molecular weight excluding hydrogens is 603 g/mol. The summed E-state index contributed by atoms with van der Waals surface area (Å²) in [6.07, 6.45) is 1.07. The number of likely N-dealkylation sites (N-methyl/N-ethyl adjacent to an activating group) is 1. The monoisotopic (exact) mass is 644 g/mol. The van der Waals surface area contributed by atoms with Gasteiger partial charge in [0.25, 0.3) is 0 Å². The number of hydrogen-bond donors (Lipinski definition) is 1. The Hall–Kier alpha value is -4.94. The fraction of sp³-hybridized carbons (Fsp3) is 0.343. The number of rotatable bonds is 13. The molecule has 1 amide bonds. The van der Waals surface area contributed by atoms with Crippen LogP contribution in [0.4, 0.5) is 32.3 Å². The van der Waals surface area contributed by atoms with Gasteiger partial charge in [0.05, 0.1) is 26.5 Å². The molecule has 1 aromatic heterocycles. The fourth-order valence-electron chi connectivity index (χ4n) is 5.18. The minimum absolute atomic E-state index is 0.143. The van der Waals surface area contributed by atoms with Gasteiger partial charge in [-0.2, -0.15) is 4.98 Å². The molecule has 11 nitrogen and oxygen atoms in total. The van der Waals surface area contributed by atoms with E-state index in [4.69, 9.17) is 18.9 Å². The summed E-state index contributed by atoms with van der Waals surface area (Å²) in [5.41, 5.74) is 1.62. The topological polar surface area (TPSA) is 102 Å². The molecule has 4 aromatic rings. The number of hydrogen-bond acceptors (Lipinski definition) is 10. The van der Waals surface area contributed by atoms with Crippen LogP contribution in [0.2, 0.25) is 0 Å². The molecular formula is C35H41FN6O5. The Morgan fingerprint density at radius 2 is 1.77 bits per heavy atom. The zero-order valence-electron chi connectivity index (χ0n) is 27.2. The average Bonchev–Trinajstić information content (AvgIpc) is 3.09. The van der Waals surface area contributed by atoms with E-state index in [1.54, 1.807) is 50.4 Å². The summed E-state index contributed by atoms with van der Waals surface area (Å²) < 4.78 is 37.6. The van der Waals surface area contributed by atoms with Gasteiger partial charge in [0, 0.05) is 62.8 Å². The van der Waals surface area contributed by atoms with Crippen molar-refractivity contribution in [2.75, 3.05) is 70.8 Å². The van der Waals surface area contributed by atoms with Crippen molar-refractivity contribution < 1.29 is 28.1 Å². The Morgan fingerprint density at radius 1 is 0.979 bits per heavy atom. The van der Waals surface area contributed by atoms with Gasteiger partial charge >= 0.3 is 6.09 Å². The maximum Gasteiger partial charge on any atom is 0.420 e. The molecule has 1 saturated heterocycles. The lowest BCUT2D eigenvalue weighted by Crippen LogP contribution is -2.44. The van der Waals surface area contributed by atoms with Crippen LogP contribution in [0.1, 0.15) is 25.0 Å². The van der Waals surface area contributed by atoms with Crippen LogP contribution in [-0.2, 0) is 4.74 Å². The van der Waals surface area contributed by atoms with Crippen LogP contribution in [0.3, 0.4) is 0 Å². The lowest BCUT2D eigenvalue weighted by Gasteiger charge is -2.32. The van der Waals surface area contributed by atoms with Gasteiger partial charge in [0.1, 0.15) is 23.4 Å². The second kappa shape index (κ2) is 16.1. The van der Waals surface area contributed by atoms with Gasteiger partial charge in [-0.15, -0.1) is 0 Å². The Labute approximate surface area is 274 Å². The highest BCUT2D eigenvalue weighted by Gasteiger charge is 2.27. The SMILES string of the molecule is COc1ccc(N(C(=O)OC(C)c2ccccc2)c2ccnc(Nc3ccc(OCCCN4CCN(C)CC4)c(F)c3)n2)c(OC)c1. The van der Waals surface area contributed by atoms with Crippen LogP contribution in [0, 0.1) is 5.82 Å². The molecule has 1 unspecified atom stereocenters. The number of amides is 1. The standard InChI is InChI=1S/C35H41FN6O5/c1-25(26-9-6-5-7-10-26)47-35(43)42(30-13-12-28(44-3)24-32(30)45-4)33-15-16-37-34(39-33)38-27-11-14-31(29(36)23-27)46-22-8-17-41-20-18-40(2)19-21-41/h5-7,9-16,23-25H,8,17-22H2,1-4H3,(H,37,38,39). The van der Waals surface area contributed by atoms with Crippen LogP contribution in [0.25, 0.3) is 0 Å². The van der Waals surface area contributed by atoms with Crippen molar-refractivity contribution in [3.63, 3.8) is 0 Å². The molecule has 5 rings (SSSR count). The highest BCUT2D eigenvalue weighted by Crippen LogP contribution is 2.37. The molecule has 2 heterocycles. The molecule has 0 saturated carbocycles. The van der Waals surface area contributed by atoms with E-state index in [1.165, 1.54) is 24.3 Å². The minimum atomic E-state index is -0.686. The predicted octanol–water partition coefficient (Wildman–Crippen LogP) is 6.43. The molecule has 1 N–H and O–H groups in total. The van der Waals surface area contributed by atoms with E-state index < -0.39 is 18.0 Å². The normalized spacial score (nSPS) is 14.2. The number of methoxy groups -OCH3 is 2. The summed E-state index contributed by atoms with van der Waals surface area (Å²) in [6, 6.07) is 20.6. The highest BCUT2D eigenvalue weighted by atomic mass is 19.1. The van der Waals surface area contributed by atoms with Crippen LogP contribution in [0.15, 0.2) is 79.0 Å². The Balaban J connectivity index is 1.31. The molecule has 0 spiro atoms. The summed E-state index contributed by atoms with van der Waals surface area (Å²) in [6.45, 7) is 7.32. The molecule has 0 radical (unpaired) electrons. The number of anilines is 4.